The van der Waals surface area contributed by atoms with Gasteiger partial charge in [0.15, 0.2) is 0 Å². The SMILES string of the molecule is O=C(O)c1cccc(CN2CCOCCOCCN(Cc3ccc4cccc(C(=O)O)c4n3)CCOCCOCC2)n1. The Balaban J connectivity index is 1.29. The van der Waals surface area contributed by atoms with Crippen molar-refractivity contribution in [1.29, 1.82) is 0 Å². The number of aromatic nitrogens is 2. The molecular formula is C30H38N4O8. The van der Waals surface area contributed by atoms with Crippen molar-refractivity contribution in [1.82, 2.24) is 19.8 Å². The van der Waals surface area contributed by atoms with Gasteiger partial charge in [-0.1, -0.05) is 24.3 Å². The number of hydrogen-bond donors (Lipinski definition) is 2. The first-order chi connectivity index (χ1) is 20.5. The summed E-state index contributed by atoms with van der Waals surface area (Å²) in [6, 6.07) is 14.0. The molecule has 1 aromatic carbocycles. The third-order valence-corrected chi connectivity index (χ3v) is 6.76. The molecule has 1 saturated heterocycles. The molecule has 42 heavy (non-hydrogen) atoms. The van der Waals surface area contributed by atoms with Crippen molar-refractivity contribution < 1.29 is 38.7 Å². The average Bonchev–Trinajstić information content (AvgIpc) is 2.98. The summed E-state index contributed by atoms with van der Waals surface area (Å²) in [7, 11) is 0. The van der Waals surface area contributed by atoms with Gasteiger partial charge in [0, 0.05) is 44.7 Å². The maximum absolute atomic E-state index is 11.7. The minimum absolute atomic E-state index is 0.0232. The van der Waals surface area contributed by atoms with E-state index in [9.17, 15) is 19.8 Å². The van der Waals surface area contributed by atoms with Crippen LogP contribution in [-0.4, -0.2) is 121 Å². The van der Waals surface area contributed by atoms with Crippen molar-refractivity contribution in [3.63, 3.8) is 0 Å². The molecule has 2 N–H and O–H groups in total. The Morgan fingerprint density at radius 2 is 1.14 bits per heavy atom. The van der Waals surface area contributed by atoms with Crippen LogP contribution in [0.25, 0.3) is 10.9 Å². The zero-order chi connectivity index (χ0) is 29.6. The summed E-state index contributed by atoms with van der Waals surface area (Å²) < 4.78 is 23.2. The van der Waals surface area contributed by atoms with E-state index < -0.39 is 11.9 Å². The number of carboxylic acid groups (broad SMARTS) is 2. The second kappa shape index (κ2) is 16.8. The molecule has 0 atom stereocenters. The lowest BCUT2D eigenvalue weighted by Gasteiger charge is -2.23. The summed E-state index contributed by atoms with van der Waals surface area (Å²) >= 11 is 0. The quantitative estimate of drug-likeness (QED) is 0.440. The topological polar surface area (TPSA) is 144 Å². The molecular weight excluding hydrogens is 544 g/mol. The second-order valence-electron chi connectivity index (χ2n) is 9.81. The lowest BCUT2D eigenvalue weighted by Crippen LogP contribution is -2.33. The zero-order valence-corrected chi connectivity index (χ0v) is 23.7. The van der Waals surface area contributed by atoms with E-state index in [-0.39, 0.29) is 11.3 Å². The molecule has 1 aliphatic rings. The molecule has 3 aromatic rings. The highest BCUT2D eigenvalue weighted by molar-refractivity contribution is 6.01. The van der Waals surface area contributed by atoms with Crippen LogP contribution >= 0.6 is 0 Å². The summed E-state index contributed by atoms with van der Waals surface area (Å²) in [4.78, 5) is 36.1. The minimum atomic E-state index is -1.05. The molecule has 12 heteroatoms. The maximum Gasteiger partial charge on any atom is 0.354 e. The van der Waals surface area contributed by atoms with Crippen LogP contribution in [0.5, 0.6) is 0 Å². The highest BCUT2D eigenvalue weighted by Gasteiger charge is 2.14. The van der Waals surface area contributed by atoms with Crippen LogP contribution < -0.4 is 0 Å². The highest BCUT2D eigenvalue weighted by atomic mass is 16.5. The third kappa shape index (κ3) is 10.1. The number of carbonyl (C=O) groups is 2. The van der Waals surface area contributed by atoms with Gasteiger partial charge in [0.1, 0.15) is 5.69 Å². The number of pyridine rings is 2. The van der Waals surface area contributed by atoms with E-state index in [2.05, 4.69) is 19.8 Å². The van der Waals surface area contributed by atoms with Crippen LogP contribution in [0.4, 0.5) is 0 Å². The summed E-state index contributed by atoms with van der Waals surface area (Å²) in [6.45, 7) is 7.36. The number of para-hydroxylation sites is 1. The Bertz CT molecular complexity index is 1290. The number of rotatable bonds is 6. The summed E-state index contributed by atoms with van der Waals surface area (Å²) in [6.07, 6.45) is 0. The van der Waals surface area contributed by atoms with Crippen molar-refractivity contribution >= 4 is 22.8 Å². The number of carboxylic acids is 2. The molecule has 1 aliphatic heterocycles. The van der Waals surface area contributed by atoms with Gasteiger partial charge in [0.2, 0.25) is 0 Å². The smallest absolute Gasteiger partial charge is 0.354 e. The van der Waals surface area contributed by atoms with Gasteiger partial charge in [0.05, 0.1) is 75.3 Å². The molecule has 12 nitrogen and oxygen atoms in total. The van der Waals surface area contributed by atoms with Gasteiger partial charge in [-0.3, -0.25) is 14.8 Å². The Kier molecular flexibility index (Phi) is 12.6. The standard InChI is InChI=1S/C30H38N4O8/c35-29(36)26-5-1-3-23-7-8-25(32-28(23)26)22-34-11-15-41-19-17-39-13-9-33(10-14-40-18-20-42-16-12-34)21-24-4-2-6-27(31-24)30(37)38/h1-8H,9-22H2,(H,35,36)(H,37,38). The fourth-order valence-corrected chi connectivity index (χ4v) is 4.55. The number of nitrogens with zero attached hydrogens (tertiary/aromatic N) is 4. The van der Waals surface area contributed by atoms with Crippen molar-refractivity contribution in [2.24, 2.45) is 0 Å². The lowest BCUT2D eigenvalue weighted by atomic mass is 10.1. The number of ether oxygens (including phenoxy) is 4. The Labute approximate surface area is 244 Å². The number of hydrogen-bond acceptors (Lipinski definition) is 10. The van der Waals surface area contributed by atoms with Gasteiger partial charge in [-0.05, 0) is 24.3 Å². The van der Waals surface area contributed by atoms with Gasteiger partial charge < -0.3 is 29.2 Å². The molecule has 0 radical (unpaired) electrons. The van der Waals surface area contributed by atoms with E-state index in [0.29, 0.717) is 103 Å². The first-order valence-corrected chi connectivity index (χ1v) is 14.1. The van der Waals surface area contributed by atoms with E-state index in [0.717, 1.165) is 11.1 Å². The molecule has 4 rings (SSSR count). The lowest BCUT2D eigenvalue weighted by molar-refractivity contribution is 0.00599. The summed E-state index contributed by atoms with van der Waals surface area (Å²) in [5.74, 6) is -2.05. The maximum atomic E-state index is 11.7. The van der Waals surface area contributed by atoms with Gasteiger partial charge in [-0.15, -0.1) is 0 Å². The summed E-state index contributed by atoms with van der Waals surface area (Å²) in [5.41, 5.74) is 2.14. The first kappa shape index (κ1) is 31.4. The van der Waals surface area contributed by atoms with Crippen molar-refractivity contribution in [3.05, 3.63) is 71.2 Å². The Morgan fingerprint density at radius 1 is 0.619 bits per heavy atom. The van der Waals surface area contributed by atoms with E-state index in [1.54, 1.807) is 18.2 Å². The van der Waals surface area contributed by atoms with Crippen LogP contribution in [0.15, 0.2) is 48.5 Å². The van der Waals surface area contributed by atoms with Gasteiger partial charge in [0.25, 0.3) is 0 Å². The highest BCUT2D eigenvalue weighted by Crippen LogP contribution is 2.18. The average molecular weight is 583 g/mol. The van der Waals surface area contributed by atoms with Crippen LogP contribution in [0.2, 0.25) is 0 Å². The second-order valence-corrected chi connectivity index (χ2v) is 9.81. The molecule has 0 saturated carbocycles. The van der Waals surface area contributed by atoms with Gasteiger partial charge in [-0.2, -0.15) is 0 Å². The fourth-order valence-electron chi connectivity index (χ4n) is 4.55. The van der Waals surface area contributed by atoms with E-state index in [1.165, 1.54) is 6.07 Å². The largest absolute Gasteiger partial charge is 0.478 e. The third-order valence-electron chi connectivity index (χ3n) is 6.76. The van der Waals surface area contributed by atoms with E-state index in [1.807, 2.05) is 24.3 Å². The predicted octanol–water partition coefficient (Wildman–Crippen LogP) is 2.41. The van der Waals surface area contributed by atoms with Crippen LogP contribution in [-0.2, 0) is 32.0 Å². The molecule has 0 spiro atoms. The monoisotopic (exact) mass is 582 g/mol. The molecule has 1 fully saturated rings. The summed E-state index contributed by atoms with van der Waals surface area (Å²) in [5, 5.41) is 19.6. The van der Waals surface area contributed by atoms with E-state index >= 15 is 0 Å². The zero-order valence-electron chi connectivity index (χ0n) is 23.7. The Hall–Kier alpha value is -3.52. The number of benzene rings is 1. The molecule has 0 unspecified atom stereocenters. The van der Waals surface area contributed by atoms with Crippen LogP contribution in [0.3, 0.4) is 0 Å². The molecule has 0 bridgehead atoms. The number of aromatic carboxylic acids is 2. The molecule has 0 amide bonds. The normalized spacial score (nSPS) is 17.8. The first-order valence-electron chi connectivity index (χ1n) is 14.1. The van der Waals surface area contributed by atoms with Crippen molar-refractivity contribution in [2.75, 3.05) is 79.0 Å². The van der Waals surface area contributed by atoms with Crippen LogP contribution in [0, 0.1) is 0 Å². The van der Waals surface area contributed by atoms with Crippen molar-refractivity contribution in [2.45, 2.75) is 13.1 Å². The predicted molar refractivity (Wildman–Crippen MR) is 154 cm³/mol. The Morgan fingerprint density at radius 3 is 1.67 bits per heavy atom. The van der Waals surface area contributed by atoms with Gasteiger partial charge >= 0.3 is 11.9 Å². The van der Waals surface area contributed by atoms with Crippen LogP contribution in [0.1, 0.15) is 32.2 Å². The molecule has 0 aliphatic carbocycles. The minimum Gasteiger partial charge on any atom is -0.478 e. The number of fused-ring (bicyclic) bond motifs is 1. The molecule has 2 aromatic heterocycles. The molecule has 3 heterocycles. The fraction of sp³-hybridized carbons (Fsp3) is 0.467. The van der Waals surface area contributed by atoms with Crippen molar-refractivity contribution in [3.8, 4) is 0 Å². The van der Waals surface area contributed by atoms with E-state index in [4.69, 9.17) is 18.9 Å². The molecule has 226 valence electrons. The van der Waals surface area contributed by atoms with Gasteiger partial charge in [-0.25, -0.2) is 14.6 Å².